The average molecular weight is 544 g/mol. The highest BCUT2D eigenvalue weighted by Crippen LogP contribution is 2.45. The lowest BCUT2D eigenvalue weighted by atomic mass is 9.91. The molecule has 2 aromatic carbocycles. The number of anilines is 2. The number of rotatable bonds is 11. The van der Waals surface area contributed by atoms with Gasteiger partial charge in [-0.05, 0) is 92.3 Å². The minimum atomic E-state index is -0.759. The van der Waals surface area contributed by atoms with Gasteiger partial charge >= 0.3 is 5.97 Å². The normalized spacial score (nSPS) is 16.4. The standard InChI is InChI=1S/C32H37N3O5/c1-2-35(30-8-3-4-15-33-30)32(39)27-12-11-25(36)19-29(27)34-16-13-22(14-17-34)21-40-26-7-5-6-24(18-26)28(20-31(37)38)23-9-10-23/h3-8,11-12,15,18-19,22-23,28,36H,2,9-10,13-14,16-17,20-21H2,1H3,(H,37,38). The Hall–Kier alpha value is -4.07. The predicted molar refractivity (Wildman–Crippen MR) is 154 cm³/mol. The van der Waals surface area contributed by atoms with E-state index in [-0.39, 0.29) is 24.0 Å². The van der Waals surface area contributed by atoms with E-state index in [0.29, 0.717) is 36.4 Å². The van der Waals surface area contributed by atoms with Crippen molar-refractivity contribution in [2.45, 2.75) is 44.9 Å². The SMILES string of the molecule is CCN(C(=O)c1ccc(O)cc1N1CCC(COc2cccc(C(CC(=O)O)C3CC3)c2)CC1)c1ccccn1. The minimum absolute atomic E-state index is 0.0461. The third-order valence-electron chi connectivity index (χ3n) is 8.01. The smallest absolute Gasteiger partial charge is 0.303 e. The van der Waals surface area contributed by atoms with Crippen LogP contribution in [-0.4, -0.2) is 53.3 Å². The van der Waals surface area contributed by atoms with Gasteiger partial charge in [0.2, 0.25) is 0 Å². The molecule has 2 heterocycles. The topological polar surface area (TPSA) is 103 Å². The number of carboxylic acids is 1. The van der Waals surface area contributed by atoms with Gasteiger partial charge in [-0.25, -0.2) is 4.98 Å². The fourth-order valence-corrected chi connectivity index (χ4v) is 5.66. The molecule has 8 heteroatoms. The molecule has 1 saturated carbocycles. The molecule has 1 saturated heterocycles. The van der Waals surface area contributed by atoms with Crippen LogP contribution in [0.25, 0.3) is 0 Å². The van der Waals surface area contributed by atoms with Gasteiger partial charge < -0.3 is 19.8 Å². The number of ether oxygens (including phenoxy) is 1. The second kappa shape index (κ2) is 12.4. The van der Waals surface area contributed by atoms with Crippen molar-refractivity contribution in [3.05, 3.63) is 78.0 Å². The number of pyridine rings is 1. The number of piperidine rings is 1. The van der Waals surface area contributed by atoms with Crippen LogP contribution in [0.1, 0.15) is 60.9 Å². The summed E-state index contributed by atoms with van der Waals surface area (Å²) in [6.45, 7) is 4.48. The summed E-state index contributed by atoms with van der Waals surface area (Å²) in [6.07, 6.45) is 5.80. The number of benzene rings is 2. The van der Waals surface area contributed by atoms with E-state index in [1.807, 2.05) is 49.4 Å². The summed E-state index contributed by atoms with van der Waals surface area (Å²) in [5.41, 5.74) is 2.32. The van der Waals surface area contributed by atoms with Crippen LogP contribution < -0.4 is 14.5 Å². The predicted octanol–water partition coefficient (Wildman–Crippen LogP) is 5.72. The Bertz CT molecular complexity index is 1320. The molecule has 1 aliphatic heterocycles. The maximum atomic E-state index is 13.6. The van der Waals surface area contributed by atoms with Crippen LogP contribution >= 0.6 is 0 Å². The van der Waals surface area contributed by atoms with E-state index in [0.717, 1.165) is 55.8 Å². The number of carbonyl (C=O) groups is 2. The fourth-order valence-electron chi connectivity index (χ4n) is 5.66. The molecule has 3 aromatic rings. The number of nitrogens with zero attached hydrogens (tertiary/aromatic N) is 3. The highest BCUT2D eigenvalue weighted by molar-refractivity contribution is 6.09. The lowest BCUT2D eigenvalue weighted by molar-refractivity contribution is -0.137. The summed E-state index contributed by atoms with van der Waals surface area (Å²) in [5, 5.41) is 19.6. The van der Waals surface area contributed by atoms with Crippen LogP contribution in [0.15, 0.2) is 66.9 Å². The number of aromatic hydroxyl groups is 1. The molecule has 5 rings (SSSR count). The number of phenols is 1. The number of carbonyl (C=O) groups excluding carboxylic acids is 1. The number of phenolic OH excluding ortho intramolecular Hbond substituents is 1. The van der Waals surface area contributed by atoms with Gasteiger partial charge in [-0.1, -0.05) is 18.2 Å². The Morgan fingerprint density at radius 1 is 1.05 bits per heavy atom. The third kappa shape index (κ3) is 6.55. The molecule has 1 aliphatic carbocycles. The lowest BCUT2D eigenvalue weighted by Gasteiger charge is -2.35. The van der Waals surface area contributed by atoms with E-state index in [2.05, 4.69) is 9.88 Å². The maximum absolute atomic E-state index is 13.6. The molecule has 0 radical (unpaired) electrons. The summed E-state index contributed by atoms with van der Waals surface area (Å²) in [5.74, 6) is 1.47. The van der Waals surface area contributed by atoms with Gasteiger partial charge in [0, 0.05) is 31.9 Å². The number of carboxylic acid groups (broad SMARTS) is 1. The Labute approximate surface area is 235 Å². The zero-order chi connectivity index (χ0) is 28.1. The van der Waals surface area contributed by atoms with E-state index >= 15 is 0 Å². The summed E-state index contributed by atoms with van der Waals surface area (Å²) >= 11 is 0. The van der Waals surface area contributed by atoms with E-state index in [4.69, 9.17) is 4.74 Å². The number of aromatic nitrogens is 1. The monoisotopic (exact) mass is 543 g/mol. The van der Waals surface area contributed by atoms with Crippen molar-refractivity contribution in [1.29, 1.82) is 0 Å². The second-order valence-corrected chi connectivity index (χ2v) is 10.8. The average Bonchev–Trinajstić information content (AvgIpc) is 3.82. The van der Waals surface area contributed by atoms with Gasteiger partial charge in [0.05, 0.1) is 24.3 Å². The Kier molecular flexibility index (Phi) is 8.53. The van der Waals surface area contributed by atoms with Gasteiger partial charge in [0.1, 0.15) is 17.3 Å². The molecule has 2 aliphatic rings. The molecule has 0 bridgehead atoms. The number of hydrogen-bond donors (Lipinski definition) is 2. The van der Waals surface area contributed by atoms with E-state index < -0.39 is 5.97 Å². The molecule has 1 unspecified atom stereocenters. The minimum Gasteiger partial charge on any atom is -0.508 e. The van der Waals surface area contributed by atoms with Crippen LogP contribution in [0.3, 0.4) is 0 Å². The van der Waals surface area contributed by atoms with Crippen molar-refractivity contribution in [3.63, 3.8) is 0 Å². The van der Waals surface area contributed by atoms with E-state index in [1.165, 1.54) is 0 Å². The molecule has 0 spiro atoms. The van der Waals surface area contributed by atoms with E-state index in [9.17, 15) is 19.8 Å². The first-order chi connectivity index (χ1) is 19.4. The molecule has 210 valence electrons. The molecule has 8 nitrogen and oxygen atoms in total. The summed E-state index contributed by atoms with van der Waals surface area (Å²) in [7, 11) is 0. The largest absolute Gasteiger partial charge is 0.508 e. The van der Waals surface area contributed by atoms with Gasteiger partial charge in [-0.2, -0.15) is 0 Å². The number of aliphatic carboxylic acids is 1. The molecule has 40 heavy (non-hydrogen) atoms. The molecule has 1 atom stereocenters. The highest BCUT2D eigenvalue weighted by atomic mass is 16.5. The first-order valence-corrected chi connectivity index (χ1v) is 14.2. The van der Waals surface area contributed by atoms with Crippen LogP contribution in [-0.2, 0) is 4.79 Å². The van der Waals surface area contributed by atoms with E-state index in [1.54, 1.807) is 29.3 Å². The van der Waals surface area contributed by atoms with Crippen molar-refractivity contribution < 1.29 is 24.5 Å². The number of amides is 1. The summed E-state index contributed by atoms with van der Waals surface area (Å²) in [6, 6.07) is 18.3. The Balaban J connectivity index is 1.21. The van der Waals surface area contributed by atoms with Crippen molar-refractivity contribution in [1.82, 2.24) is 4.98 Å². The molecule has 2 fully saturated rings. The van der Waals surface area contributed by atoms with Crippen LogP contribution in [0, 0.1) is 11.8 Å². The first kappa shape index (κ1) is 27.5. The number of hydrogen-bond acceptors (Lipinski definition) is 6. The first-order valence-electron chi connectivity index (χ1n) is 14.2. The molecule has 1 aromatic heterocycles. The third-order valence-corrected chi connectivity index (χ3v) is 8.01. The van der Waals surface area contributed by atoms with Gasteiger partial charge in [-0.15, -0.1) is 0 Å². The fraction of sp³-hybridized carbons (Fsp3) is 0.406. The molecular weight excluding hydrogens is 506 g/mol. The van der Waals surface area contributed by atoms with Gasteiger partial charge in [0.25, 0.3) is 5.91 Å². The summed E-state index contributed by atoms with van der Waals surface area (Å²) in [4.78, 5) is 33.1. The molecule has 1 amide bonds. The van der Waals surface area contributed by atoms with Crippen LogP contribution in [0.5, 0.6) is 11.5 Å². The Morgan fingerprint density at radius 2 is 1.85 bits per heavy atom. The van der Waals surface area contributed by atoms with Crippen LogP contribution in [0.2, 0.25) is 0 Å². The maximum Gasteiger partial charge on any atom is 0.303 e. The van der Waals surface area contributed by atoms with Crippen molar-refractivity contribution in [2.75, 3.05) is 36.0 Å². The molecule has 2 N–H and O–H groups in total. The van der Waals surface area contributed by atoms with Crippen molar-refractivity contribution >= 4 is 23.4 Å². The zero-order valence-corrected chi connectivity index (χ0v) is 22.9. The lowest BCUT2D eigenvalue weighted by Crippen LogP contribution is -2.38. The van der Waals surface area contributed by atoms with Crippen molar-refractivity contribution in [2.24, 2.45) is 11.8 Å². The Morgan fingerprint density at radius 3 is 2.52 bits per heavy atom. The van der Waals surface area contributed by atoms with Crippen LogP contribution in [0.4, 0.5) is 11.5 Å². The quantitative estimate of drug-likeness (QED) is 0.319. The van der Waals surface area contributed by atoms with Gasteiger partial charge in [-0.3, -0.25) is 14.5 Å². The molecular formula is C32H37N3O5. The zero-order valence-electron chi connectivity index (χ0n) is 22.9. The summed E-state index contributed by atoms with van der Waals surface area (Å²) < 4.78 is 6.18. The van der Waals surface area contributed by atoms with Crippen molar-refractivity contribution in [3.8, 4) is 11.5 Å². The highest BCUT2D eigenvalue weighted by Gasteiger charge is 2.34. The second-order valence-electron chi connectivity index (χ2n) is 10.8. The van der Waals surface area contributed by atoms with Gasteiger partial charge in [0.15, 0.2) is 0 Å².